The van der Waals surface area contributed by atoms with Crippen LogP contribution < -0.4 is 10.5 Å². The maximum Gasteiger partial charge on any atom is 0.341 e. The Hall–Kier alpha value is -2.94. The lowest BCUT2D eigenvalue weighted by Gasteiger charge is -2.15. The number of amides is 1. The van der Waals surface area contributed by atoms with E-state index in [1.807, 2.05) is 0 Å². The number of hydrogen-bond acceptors (Lipinski definition) is 5. The van der Waals surface area contributed by atoms with E-state index >= 15 is 0 Å². The Bertz CT molecular complexity index is 959. The third-order valence-corrected chi connectivity index (χ3v) is 5.03. The minimum absolute atomic E-state index is 0.0436. The first-order chi connectivity index (χ1) is 12.1. The van der Waals surface area contributed by atoms with Gasteiger partial charge in [-0.15, -0.1) is 0 Å². The van der Waals surface area contributed by atoms with Crippen LogP contribution in [0.15, 0.2) is 47.4 Å². The lowest BCUT2D eigenvalue weighted by Crippen LogP contribution is -2.30. The van der Waals surface area contributed by atoms with Crippen molar-refractivity contribution in [3.8, 4) is 0 Å². The minimum atomic E-state index is -4.08. The van der Waals surface area contributed by atoms with Gasteiger partial charge in [-0.25, -0.2) is 17.6 Å². The van der Waals surface area contributed by atoms with Gasteiger partial charge in [0.2, 0.25) is 0 Å². The number of nitrogens with one attached hydrogen (secondary N) is 1. The fourth-order valence-electron chi connectivity index (χ4n) is 2.15. The number of nitrogens with two attached hydrogens (primary N) is 1. The molecule has 3 N–H and O–H groups in total. The highest BCUT2D eigenvalue weighted by molar-refractivity contribution is 7.92. The smallest absolute Gasteiger partial charge is 0.341 e. The van der Waals surface area contributed by atoms with Crippen molar-refractivity contribution in [2.75, 3.05) is 4.72 Å². The van der Waals surface area contributed by atoms with Crippen LogP contribution in [0, 0.1) is 12.7 Å². The van der Waals surface area contributed by atoms with Gasteiger partial charge >= 0.3 is 5.97 Å². The van der Waals surface area contributed by atoms with Crippen LogP contribution in [0.4, 0.5) is 10.1 Å². The zero-order valence-corrected chi connectivity index (χ0v) is 14.8. The maximum absolute atomic E-state index is 13.2. The Labute approximate surface area is 150 Å². The van der Waals surface area contributed by atoms with Crippen molar-refractivity contribution >= 4 is 27.6 Å². The number of esters is 1. The fourth-order valence-corrected chi connectivity index (χ4v) is 3.45. The summed E-state index contributed by atoms with van der Waals surface area (Å²) < 4.78 is 45.5. The predicted molar refractivity (Wildman–Crippen MR) is 92.5 cm³/mol. The summed E-state index contributed by atoms with van der Waals surface area (Å²) in [5.41, 5.74) is 5.12. The molecule has 2 rings (SSSR count). The summed E-state index contributed by atoms with van der Waals surface area (Å²) in [7, 11) is -4.08. The molecule has 0 aliphatic heterocycles. The first-order valence-electron chi connectivity index (χ1n) is 7.50. The van der Waals surface area contributed by atoms with Crippen molar-refractivity contribution in [1.29, 1.82) is 0 Å². The number of para-hydroxylation sites is 1. The number of aryl methyl sites for hydroxylation is 1. The molecule has 26 heavy (non-hydrogen) atoms. The third-order valence-electron chi connectivity index (χ3n) is 3.50. The van der Waals surface area contributed by atoms with Gasteiger partial charge in [0.05, 0.1) is 16.1 Å². The van der Waals surface area contributed by atoms with Gasteiger partial charge in [-0.05, 0) is 49.7 Å². The van der Waals surface area contributed by atoms with Gasteiger partial charge in [0, 0.05) is 0 Å². The number of hydrogen-bond donors (Lipinski definition) is 2. The summed E-state index contributed by atoms with van der Waals surface area (Å²) in [4.78, 5) is 23.1. The van der Waals surface area contributed by atoms with Crippen LogP contribution in [-0.4, -0.2) is 26.4 Å². The molecule has 7 nitrogen and oxygen atoms in total. The lowest BCUT2D eigenvalue weighted by molar-refractivity contribution is -0.125. The monoisotopic (exact) mass is 380 g/mol. The summed E-state index contributed by atoms with van der Waals surface area (Å²) in [5.74, 6) is -2.31. The van der Waals surface area contributed by atoms with E-state index in [2.05, 4.69) is 4.72 Å². The zero-order chi connectivity index (χ0) is 19.5. The molecule has 0 bridgehead atoms. The molecule has 2 aromatic carbocycles. The predicted octanol–water partition coefficient (Wildman–Crippen LogP) is 1.97. The zero-order valence-electron chi connectivity index (χ0n) is 14.0. The molecule has 0 spiro atoms. The number of anilines is 1. The average Bonchev–Trinajstić information content (AvgIpc) is 2.54. The molecule has 1 atom stereocenters. The van der Waals surface area contributed by atoms with E-state index in [4.69, 9.17) is 10.5 Å². The van der Waals surface area contributed by atoms with Crippen LogP contribution in [0.2, 0.25) is 0 Å². The number of carbonyl (C=O) groups is 2. The van der Waals surface area contributed by atoms with Crippen molar-refractivity contribution in [3.05, 3.63) is 59.4 Å². The topological polar surface area (TPSA) is 116 Å². The second-order valence-electron chi connectivity index (χ2n) is 5.51. The van der Waals surface area contributed by atoms with Crippen LogP contribution in [0.25, 0.3) is 0 Å². The molecule has 0 heterocycles. The van der Waals surface area contributed by atoms with E-state index in [1.165, 1.54) is 38.1 Å². The minimum Gasteiger partial charge on any atom is -0.449 e. The van der Waals surface area contributed by atoms with Crippen molar-refractivity contribution < 1.29 is 27.1 Å². The van der Waals surface area contributed by atoms with Crippen LogP contribution in [0.1, 0.15) is 22.8 Å². The Kier molecular flexibility index (Phi) is 5.61. The standard InChI is InChI=1S/C17H17FN2O5S/c1-10-9-12(18)7-8-15(10)26(23,24)20-14-6-4-3-5-13(14)17(22)25-11(2)16(19)21/h3-9,11,20H,1-2H3,(H2,19,21)/t11-/m1/s1. The van der Waals surface area contributed by atoms with Gasteiger partial charge in [0.25, 0.3) is 15.9 Å². The Morgan fingerprint density at radius 2 is 1.85 bits per heavy atom. The van der Waals surface area contributed by atoms with Gasteiger partial charge in [-0.3, -0.25) is 9.52 Å². The first-order valence-corrected chi connectivity index (χ1v) is 8.98. The molecule has 0 aliphatic carbocycles. The number of benzene rings is 2. The average molecular weight is 380 g/mol. The molecule has 0 unspecified atom stereocenters. The normalized spacial score (nSPS) is 12.3. The van der Waals surface area contributed by atoms with E-state index in [0.29, 0.717) is 0 Å². The van der Waals surface area contributed by atoms with Crippen molar-refractivity contribution in [2.24, 2.45) is 5.73 Å². The molecule has 9 heteroatoms. The molecule has 0 aliphatic rings. The molecule has 2 aromatic rings. The number of carbonyl (C=O) groups excluding carboxylic acids is 2. The Morgan fingerprint density at radius 1 is 1.19 bits per heavy atom. The molecular formula is C17H17FN2O5S. The second-order valence-corrected chi connectivity index (χ2v) is 7.16. The quantitative estimate of drug-likeness (QED) is 0.744. The summed E-state index contributed by atoms with van der Waals surface area (Å²) in [6.45, 7) is 2.75. The Balaban J connectivity index is 2.35. The molecular weight excluding hydrogens is 363 g/mol. The number of sulfonamides is 1. The number of rotatable bonds is 6. The summed E-state index contributed by atoms with van der Waals surface area (Å²) in [6, 6.07) is 8.96. The number of ether oxygens (including phenoxy) is 1. The summed E-state index contributed by atoms with van der Waals surface area (Å²) in [6.07, 6.45) is -1.17. The highest BCUT2D eigenvalue weighted by atomic mass is 32.2. The van der Waals surface area contributed by atoms with Crippen LogP contribution >= 0.6 is 0 Å². The van der Waals surface area contributed by atoms with E-state index in [0.717, 1.165) is 18.2 Å². The number of halogens is 1. The first kappa shape index (κ1) is 19.4. The second kappa shape index (κ2) is 7.52. The molecule has 0 fully saturated rings. The lowest BCUT2D eigenvalue weighted by atomic mass is 10.2. The van der Waals surface area contributed by atoms with E-state index in [9.17, 15) is 22.4 Å². The van der Waals surface area contributed by atoms with Crippen molar-refractivity contribution in [3.63, 3.8) is 0 Å². The molecule has 0 radical (unpaired) electrons. The summed E-state index contributed by atoms with van der Waals surface area (Å²) in [5, 5.41) is 0. The molecule has 0 saturated carbocycles. The highest BCUT2D eigenvalue weighted by Gasteiger charge is 2.23. The van der Waals surface area contributed by atoms with Crippen LogP contribution in [-0.2, 0) is 19.6 Å². The van der Waals surface area contributed by atoms with Gasteiger partial charge in [0.15, 0.2) is 6.10 Å². The highest BCUT2D eigenvalue weighted by Crippen LogP contribution is 2.23. The molecule has 0 saturated heterocycles. The van der Waals surface area contributed by atoms with E-state index < -0.39 is 33.8 Å². The van der Waals surface area contributed by atoms with E-state index in [-0.39, 0.29) is 21.7 Å². The van der Waals surface area contributed by atoms with Gasteiger partial charge < -0.3 is 10.5 Å². The van der Waals surface area contributed by atoms with E-state index in [1.54, 1.807) is 0 Å². The maximum atomic E-state index is 13.2. The van der Waals surface area contributed by atoms with Crippen molar-refractivity contribution in [2.45, 2.75) is 24.8 Å². The van der Waals surface area contributed by atoms with Gasteiger partial charge in [-0.1, -0.05) is 12.1 Å². The molecule has 1 amide bonds. The SMILES string of the molecule is Cc1cc(F)ccc1S(=O)(=O)Nc1ccccc1C(=O)O[C@H](C)C(N)=O. The Morgan fingerprint density at radius 3 is 2.46 bits per heavy atom. The third kappa shape index (κ3) is 4.37. The molecule has 138 valence electrons. The fraction of sp³-hybridized carbons (Fsp3) is 0.176. The van der Waals surface area contributed by atoms with Crippen LogP contribution in [0.5, 0.6) is 0 Å². The molecule has 0 aromatic heterocycles. The van der Waals surface area contributed by atoms with Crippen LogP contribution in [0.3, 0.4) is 0 Å². The largest absolute Gasteiger partial charge is 0.449 e. The number of primary amides is 1. The summed E-state index contributed by atoms with van der Waals surface area (Å²) >= 11 is 0. The van der Waals surface area contributed by atoms with Crippen molar-refractivity contribution in [1.82, 2.24) is 0 Å². The van der Waals surface area contributed by atoms with Gasteiger partial charge in [0.1, 0.15) is 5.82 Å². The van der Waals surface area contributed by atoms with Gasteiger partial charge in [-0.2, -0.15) is 0 Å².